The summed E-state index contributed by atoms with van der Waals surface area (Å²) in [5.74, 6) is 0.0616. The number of hydrogen-bond acceptors (Lipinski definition) is 3. The van der Waals surface area contributed by atoms with Gasteiger partial charge in [0.1, 0.15) is 11.8 Å². The van der Waals surface area contributed by atoms with Gasteiger partial charge in [-0.3, -0.25) is 0 Å². The molecule has 1 aromatic carbocycles. The lowest BCUT2D eigenvalue weighted by Gasteiger charge is -2.10. The van der Waals surface area contributed by atoms with Crippen molar-refractivity contribution < 1.29 is 9.53 Å². The van der Waals surface area contributed by atoms with Crippen molar-refractivity contribution in [2.75, 3.05) is 6.54 Å². The van der Waals surface area contributed by atoms with E-state index >= 15 is 0 Å². The first kappa shape index (κ1) is 11.7. The van der Waals surface area contributed by atoms with Gasteiger partial charge in [0.05, 0.1) is 5.02 Å². The van der Waals surface area contributed by atoms with Crippen molar-refractivity contribution in [3.63, 3.8) is 0 Å². The number of carbonyl (C=O) groups is 1. The Bertz CT molecular complexity index is 403. The van der Waals surface area contributed by atoms with Crippen LogP contribution in [-0.4, -0.2) is 18.6 Å². The third-order valence-electron chi connectivity index (χ3n) is 2.45. The minimum atomic E-state index is -0.290. The molecule has 0 aliphatic carbocycles. The summed E-state index contributed by atoms with van der Waals surface area (Å²) < 4.78 is 5.19. The molecule has 16 heavy (non-hydrogen) atoms. The van der Waals surface area contributed by atoms with Crippen LogP contribution in [0.2, 0.25) is 10.0 Å². The fourth-order valence-corrected chi connectivity index (χ4v) is 2.07. The average molecular weight is 260 g/mol. The number of esters is 1. The summed E-state index contributed by atoms with van der Waals surface area (Å²) in [5, 5.41) is 3.93. The van der Waals surface area contributed by atoms with Crippen molar-refractivity contribution in [1.82, 2.24) is 5.32 Å². The summed E-state index contributed by atoms with van der Waals surface area (Å²) in [7, 11) is 0. The van der Waals surface area contributed by atoms with Crippen molar-refractivity contribution in [3.05, 3.63) is 28.2 Å². The van der Waals surface area contributed by atoms with E-state index < -0.39 is 0 Å². The Hall–Kier alpha value is -0.770. The Kier molecular flexibility index (Phi) is 3.69. The number of hydrogen-bond donors (Lipinski definition) is 1. The van der Waals surface area contributed by atoms with Gasteiger partial charge in [-0.1, -0.05) is 23.2 Å². The second kappa shape index (κ2) is 5.04. The predicted octanol–water partition coefficient (Wildman–Crippen LogP) is 2.65. The summed E-state index contributed by atoms with van der Waals surface area (Å²) in [5.41, 5.74) is 0. The minimum absolute atomic E-state index is 0.216. The molecule has 2 rings (SSSR count). The monoisotopic (exact) mass is 259 g/mol. The zero-order valence-corrected chi connectivity index (χ0v) is 10.0. The molecule has 3 nitrogen and oxygen atoms in total. The molecule has 1 heterocycles. The van der Waals surface area contributed by atoms with E-state index in [0.717, 1.165) is 19.4 Å². The third kappa shape index (κ3) is 2.67. The Morgan fingerprint density at radius 3 is 2.88 bits per heavy atom. The Morgan fingerprint density at radius 1 is 1.44 bits per heavy atom. The van der Waals surface area contributed by atoms with Crippen LogP contribution < -0.4 is 10.1 Å². The van der Waals surface area contributed by atoms with Crippen LogP contribution >= 0.6 is 23.2 Å². The van der Waals surface area contributed by atoms with Gasteiger partial charge >= 0.3 is 5.97 Å². The summed E-state index contributed by atoms with van der Waals surface area (Å²) in [6.07, 6.45) is 1.80. The van der Waals surface area contributed by atoms with Crippen LogP contribution in [0, 0.1) is 0 Å². The standard InChI is InChI=1S/C11H11Cl2NO2/c12-7-3-4-10(8(13)6-7)16-11(15)9-2-1-5-14-9/h3-4,6,9,14H,1-2,5H2. The normalized spacial score (nSPS) is 19.8. The van der Waals surface area contributed by atoms with Gasteiger partial charge in [-0.25, -0.2) is 4.79 Å². The molecule has 5 heteroatoms. The van der Waals surface area contributed by atoms with Gasteiger partial charge in [0.2, 0.25) is 0 Å². The molecule has 1 N–H and O–H groups in total. The molecule has 0 amide bonds. The minimum Gasteiger partial charge on any atom is -0.424 e. The number of benzene rings is 1. The number of rotatable bonds is 2. The molecular weight excluding hydrogens is 249 g/mol. The van der Waals surface area contributed by atoms with E-state index in [1.54, 1.807) is 18.2 Å². The molecule has 1 fully saturated rings. The molecular formula is C11H11Cl2NO2. The van der Waals surface area contributed by atoms with Gasteiger partial charge in [-0.05, 0) is 37.6 Å². The van der Waals surface area contributed by atoms with Gasteiger partial charge in [-0.15, -0.1) is 0 Å². The van der Waals surface area contributed by atoms with E-state index in [1.807, 2.05) is 0 Å². The van der Waals surface area contributed by atoms with E-state index in [4.69, 9.17) is 27.9 Å². The molecule has 86 valence electrons. The van der Waals surface area contributed by atoms with Gasteiger partial charge < -0.3 is 10.1 Å². The van der Waals surface area contributed by atoms with Crippen molar-refractivity contribution in [3.8, 4) is 5.75 Å². The molecule has 1 atom stereocenters. The van der Waals surface area contributed by atoms with Crippen LogP contribution in [-0.2, 0) is 4.79 Å². The van der Waals surface area contributed by atoms with Crippen molar-refractivity contribution in [2.45, 2.75) is 18.9 Å². The Labute approximate surface area is 104 Å². The van der Waals surface area contributed by atoms with Crippen LogP contribution in [0.1, 0.15) is 12.8 Å². The highest BCUT2D eigenvalue weighted by atomic mass is 35.5. The molecule has 0 aromatic heterocycles. The maximum Gasteiger partial charge on any atom is 0.328 e. The van der Waals surface area contributed by atoms with Crippen molar-refractivity contribution >= 4 is 29.2 Å². The SMILES string of the molecule is O=C(Oc1ccc(Cl)cc1Cl)C1CCCN1. The molecule has 1 unspecified atom stereocenters. The predicted molar refractivity (Wildman–Crippen MR) is 63.1 cm³/mol. The molecule has 0 bridgehead atoms. The maximum absolute atomic E-state index is 11.7. The Balaban J connectivity index is 2.05. The second-order valence-electron chi connectivity index (χ2n) is 3.64. The lowest BCUT2D eigenvalue weighted by atomic mass is 10.2. The Morgan fingerprint density at radius 2 is 2.25 bits per heavy atom. The highest BCUT2D eigenvalue weighted by Gasteiger charge is 2.24. The van der Waals surface area contributed by atoms with E-state index in [1.165, 1.54) is 0 Å². The molecule has 1 saturated heterocycles. The average Bonchev–Trinajstić information content (AvgIpc) is 2.75. The zero-order chi connectivity index (χ0) is 11.5. The van der Waals surface area contributed by atoms with Crippen LogP contribution in [0.25, 0.3) is 0 Å². The van der Waals surface area contributed by atoms with Crippen LogP contribution in [0.15, 0.2) is 18.2 Å². The number of halogens is 2. The van der Waals surface area contributed by atoms with E-state index in [0.29, 0.717) is 15.8 Å². The van der Waals surface area contributed by atoms with Crippen molar-refractivity contribution in [1.29, 1.82) is 0 Å². The first-order valence-corrected chi connectivity index (χ1v) is 5.82. The lowest BCUT2D eigenvalue weighted by Crippen LogP contribution is -2.34. The van der Waals surface area contributed by atoms with Gasteiger partial charge in [0, 0.05) is 5.02 Å². The highest BCUT2D eigenvalue weighted by molar-refractivity contribution is 6.35. The maximum atomic E-state index is 11.7. The smallest absolute Gasteiger partial charge is 0.328 e. The summed E-state index contributed by atoms with van der Waals surface area (Å²) >= 11 is 11.6. The zero-order valence-electron chi connectivity index (χ0n) is 8.50. The number of carbonyl (C=O) groups excluding carboxylic acids is 1. The van der Waals surface area contributed by atoms with E-state index in [-0.39, 0.29) is 12.0 Å². The first-order valence-electron chi connectivity index (χ1n) is 5.07. The molecule has 1 aliphatic heterocycles. The molecule has 1 aromatic rings. The van der Waals surface area contributed by atoms with Crippen LogP contribution in [0.3, 0.4) is 0 Å². The van der Waals surface area contributed by atoms with E-state index in [9.17, 15) is 4.79 Å². The largest absolute Gasteiger partial charge is 0.424 e. The highest BCUT2D eigenvalue weighted by Crippen LogP contribution is 2.28. The van der Waals surface area contributed by atoms with E-state index in [2.05, 4.69) is 5.32 Å². The molecule has 0 radical (unpaired) electrons. The second-order valence-corrected chi connectivity index (χ2v) is 4.49. The fourth-order valence-electron chi connectivity index (χ4n) is 1.62. The van der Waals surface area contributed by atoms with Gasteiger partial charge in [0.15, 0.2) is 0 Å². The van der Waals surface area contributed by atoms with Crippen LogP contribution in [0.5, 0.6) is 5.75 Å². The summed E-state index contributed by atoms with van der Waals surface area (Å²) in [6.45, 7) is 0.855. The summed E-state index contributed by atoms with van der Waals surface area (Å²) in [4.78, 5) is 11.7. The number of ether oxygens (including phenoxy) is 1. The first-order chi connectivity index (χ1) is 7.66. The lowest BCUT2D eigenvalue weighted by molar-refractivity contribution is -0.136. The molecule has 0 saturated carbocycles. The van der Waals surface area contributed by atoms with Gasteiger partial charge in [-0.2, -0.15) is 0 Å². The summed E-state index contributed by atoms with van der Waals surface area (Å²) in [6, 6.07) is 4.57. The van der Waals surface area contributed by atoms with Crippen LogP contribution in [0.4, 0.5) is 0 Å². The quantitative estimate of drug-likeness (QED) is 0.656. The molecule has 0 spiro atoms. The topological polar surface area (TPSA) is 38.3 Å². The number of nitrogens with one attached hydrogen (secondary N) is 1. The van der Waals surface area contributed by atoms with Crippen molar-refractivity contribution in [2.24, 2.45) is 0 Å². The molecule has 1 aliphatic rings. The van der Waals surface area contributed by atoms with Gasteiger partial charge in [0.25, 0.3) is 0 Å². The fraction of sp³-hybridized carbons (Fsp3) is 0.364. The third-order valence-corrected chi connectivity index (χ3v) is 2.98.